The number of nitrogens with zero attached hydrogens (tertiary/aromatic N) is 3. The molecule has 0 radical (unpaired) electrons. The quantitative estimate of drug-likeness (QED) is 0.144. The predicted molar refractivity (Wildman–Crippen MR) is 252 cm³/mol. The van der Waals surface area contributed by atoms with Crippen LogP contribution in [0.1, 0.15) is 104 Å². The van der Waals surface area contributed by atoms with Gasteiger partial charge in [0, 0.05) is 71.0 Å². The van der Waals surface area contributed by atoms with Crippen molar-refractivity contribution in [1.82, 2.24) is 15.1 Å². The molecule has 5 aliphatic rings. The number of fused-ring (bicyclic) bond motifs is 5. The van der Waals surface area contributed by atoms with E-state index in [2.05, 4.69) is 5.32 Å². The van der Waals surface area contributed by atoms with E-state index in [4.69, 9.17) is 30.5 Å². The van der Waals surface area contributed by atoms with Gasteiger partial charge in [-0.3, -0.25) is 34.2 Å². The molecule has 0 spiro atoms. The van der Waals surface area contributed by atoms with Gasteiger partial charge < -0.3 is 33.9 Å². The number of rotatable bonds is 12. The molecule has 1 aliphatic carbocycles. The zero-order chi connectivity index (χ0) is 49.1. The second-order valence-corrected chi connectivity index (χ2v) is 20.9. The lowest BCUT2D eigenvalue weighted by atomic mass is 9.79. The first-order valence-corrected chi connectivity index (χ1v) is 24.8. The standard InChI is InChI=1S/C49H67ClN4O12S/c1-10-35(55)33-16-14-31(15-17-33)26-54-42(58)23-37(45(54)59)67-19-18-40(56)52(7)30(5)46(60)65-39-24-41(57)53(8)34-22-32(21-28(3)43(34)50)20-27(2)12-11-13-38(63-9)49(62)25-36(64-47(61)51-49)29(4)44-48(39,6)66-44/h11-13,21-22,29-31,33,36-39,44,62H,10,14-20,23-26H2,1-9H3,(H,51,61)/b13-11+,27-12+/t29-,30+,31?,33?,36+,37?,38-,39+,44+,48+,49+/m1/s1. The van der Waals surface area contributed by atoms with Gasteiger partial charge in [-0.1, -0.05) is 55.3 Å². The van der Waals surface area contributed by atoms with Gasteiger partial charge in [-0.05, 0) is 82.9 Å². The van der Waals surface area contributed by atoms with Crippen LogP contribution in [0.3, 0.4) is 0 Å². The van der Waals surface area contributed by atoms with Crippen molar-refractivity contribution in [2.24, 2.45) is 17.8 Å². The molecule has 1 aromatic carbocycles. The maximum Gasteiger partial charge on any atom is 0.409 e. The summed E-state index contributed by atoms with van der Waals surface area (Å²) >= 11 is 8.06. The number of esters is 1. The van der Waals surface area contributed by atoms with Crippen molar-refractivity contribution >= 4 is 70.5 Å². The van der Waals surface area contributed by atoms with Crippen LogP contribution in [0.5, 0.6) is 0 Å². The summed E-state index contributed by atoms with van der Waals surface area (Å²) in [5.41, 5.74) is -0.0681. The molecular weight excluding hydrogens is 904 g/mol. The molecule has 4 heterocycles. The average Bonchev–Trinajstić information content (AvgIpc) is 3.92. The second-order valence-electron chi connectivity index (χ2n) is 19.2. The number of anilines is 1. The van der Waals surface area contributed by atoms with Gasteiger partial charge in [-0.25, -0.2) is 9.59 Å². The van der Waals surface area contributed by atoms with Crippen molar-refractivity contribution in [3.8, 4) is 0 Å². The minimum absolute atomic E-state index is 0.0189. The minimum atomic E-state index is -1.85. The van der Waals surface area contributed by atoms with Crippen LogP contribution in [0.4, 0.5) is 10.5 Å². The first kappa shape index (κ1) is 52.1. The van der Waals surface area contributed by atoms with Gasteiger partial charge in [0.25, 0.3) is 0 Å². The smallest absolute Gasteiger partial charge is 0.409 e. The van der Waals surface area contributed by atoms with Crippen molar-refractivity contribution in [3.05, 3.63) is 52.1 Å². The third-order valence-electron chi connectivity index (χ3n) is 14.4. The van der Waals surface area contributed by atoms with Gasteiger partial charge in [-0.15, -0.1) is 11.8 Å². The summed E-state index contributed by atoms with van der Waals surface area (Å²) in [6, 6.07) is 2.68. The molecule has 6 rings (SSSR count). The lowest BCUT2D eigenvalue weighted by molar-refractivity contribution is -0.162. The zero-order valence-corrected chi connectivity index (χ0v) is 41.7. The lowest BCUT2D eigenvalue weighted by Gasteiger charge is -2.42. The Balaban J connectivity index is 1.14. The number of amides is 5. The highest BCUT2D eigenvalue weighted by Crippen LogP contribution is 2.49. The first-order valence-electron chi connectivity index (χ1n) is 23.4. The fourth-order valence-corrected chi connectivity index (χ4v) is 11.3. The number of Topliss-reactive ketones (excluding diaryl/α,β-unsaturated/α-hetero) is 1. The summed E-state index contributed by atoms with van der Waals surface area (Å²) in [7, 11) is 4.50. The number of thioether (sulfide) groups is 1. The number of alkyl carbamates (subject to hydrolysis) is 1. The van der Waals surface area contributed by atoms with Crippen LogP contribution in [0.25, 0.3) is 0 Å². The summed E-state index contributed by atoms with van der Waals surface area (Å²) in [4.78, 5) is 97.3. The Bertz CT molecular complexity index is 2160. The number of epoxide rings is 1. The summed E-state index contributed by atoms with van der Waals surface area (Å²) in [5.74, 6) is -1.95. The SMILES string of the molecule is CCC(=O)C1CCC(CN2C(=O)CC(SCCC(=O)N(C)[C@@H](C)C(=O)O[C@H]3CC(=O)N(C)c4cc(cc(C)c4Cl)C/C(C)=C/C=C/[C@@H](OC)[C@@]4(O)C[C@H](OC(=O)N4)[C@@H](C)[C@@H]4O[C@@]34C)C2=O)CC1. The maximum atomic E-state index is 14.3. The van der Waals surface area contributed by atoms with Gasteiger partial charge in [0.2, 0.25) is 23.6 Å². The van der Waals surface area contributed by atoms with Gasteiger partial charge in [0.15, 0.2) is 5.72 Å². The topological polar surface area (TPSA) is 202 Å². The molecule has 4 aliphatic heterocycles. The van der Waals surface area contributed by atoms with Crippen LogP contribution >= 0.6 is 23.4 Å². The molecule has 18 heteroatoms. The normalized spacial score (nSPS) is 33.1. The van der Waals surface area contributed by atoms with Gasteiger partial charge in [0.05, 0.1) is 28.5 Å². The number of benzene rings is 1. The van der Waals surface area contributed by atoms with E-state index in [1.807, 2.05) is 39.0 Å². The van der Waals surface area contributed by atoms with Crippen molar-refractivity contribution < 1.29 is 57.6 Å². The van der Waals surface area contributed by atoms with Crippen molar-refractivity contribution in [2.75, 3.05) is 38.4 Å². The number of methoxy groups -OCH3 is 1. The van der Waals surface area contributed by atoms with Crippen molar-refractivity contribution in [3.63, 3.8) is 0 Å². The summed E-state index contributed by atoms with van der Waals surface area (Å²) in [6.45, 7) is 11.0. The molecule has 3 saturated heterocycles. The van der Waals surface area contributed by atoms with E-state index in [-0.39, 0.29) is 66.8 Å². The predicted octanol–water partition coefficient (Wildman–Crippen LogP) is 5.85. The van der Waals surface area contributed by atoms with Gasteiger partial charge in [0.1, 0.15) is 35.7 Å². The van der Waals surface area contributed by atoms with Crippen molar-refractivity contribution in [2.45, 2.75) is 153 Å². The number of aryl methyl sites for hydroxylation is 1. The number of carbonyl (C=O) groups is 7. The molecule has 67 heavy (non-hydrogen) atoms. The van der Waals surface area contributed by atoms with Crippen LogP contribution in [0.2, 0.25) is 5.02 Å². The van der Waals surface area contributed by atoms with E-state index in [9.17, 15) is 38.7 Å². The fraction of sp³-hybridized carbons (Fsp3) is 0.653. The molecule has 1 unspecified atom stereocenters. The summed E-state index contributed by atoms with van der Waals surface area (Å²) in [5, 5.41) is 14.1. The Morgan fingerprint density at radius 2 is 1.79 bits per heavy atom. The third kappa shape index (κ3) is 11.8. The average molecular weight is 972 g/mol. The molecule has 16 nitrogen and oxygen atoms in total. The number of likely N-dealkylation sites (tertiary alicyclic amines) is 1. The van der Waals surface area contributed by atoms with Crippen LogP contribution in [0.15, 0.2) is 35.9 Å². The number of hydrogen-bond acceptors (Lipinski definition) is 13. The van der Waals surface area contributed by atoms with E-state index >= 15 is 0 Å². The van der Waals surface area contributed by atoms with Crippen LogP contribution < -0.4 is 10.2 Å². The molecule has 1 saturated carbocycles. The highest BCUT2D eigenvalue weighted by atomic mass is 35.5. The maximum absolute atomic E-state index is 14.3. The number of imide groups is 1. The molecule has 5 amide bonds. The van der Waals surface area contributed by atoms with E-state index in [0.29, 0.717) is 30.1 Å². The van der Waals surface area contributed by atoms with Crippen LogP contribution in [-0.2, 0) is 54.1 Å². The van der Waals surface area contributed by atoms with Crippen molar-refractivity contribution in [1.29, 1.82) is 0 Å². The number of allylic oxidation sites excluding steroid dienone is 3. The van der Waals surface area contributed by atoms with Gasteiger partial charge in [-0.2, -0.15) is 0 Å². The summed E-state index contributed by atoms with van der Waals surface area (Å²) in [6.07, 6.45) is 4.48. The lowest BCUT2D eigenvalue weighted by Crippen LogP contribution is -2.63. The number of halogens is 1. The molecule has 4 fully saturated rings. The summed E-state index contributed by atoms with van der Waals surface area (Å²) < 4.78 is 23.8. The second kappa shape index (κ2) is 21.6. The van der Waals surface area contributed by atoms with E-state index in [1.165, 1.54) is 47.5 Å². The molecule has 0 aromatic heterocycles. The Kier molecular flexibility index (Phi) is 16.8. The Hall–Kier alpha value is -4.29. The minimum Gasteiger partial charge on any atom is -0.457 e. The number of ether oxygens (including phenoxy) is 4. The fourth-order valence-electron chi connectivity index (χ4n) is 9.91. The molecule has 1 aromatic rings. The highest BCUT2D eigenvalue weighted by Gasteiger charge is 2.64. The third-order valence-corrected chi connectivity index (χ3v) is 16.2. The highest BCUT2D eigenvalue weighted by molar-refractivity contribution is 8.00. The number of hydrogen-bond donors (Lipinski definition) is 2. The van der Waals surface area contributed by atoms with E-state index in [0.717, 1.165) is 42.4 Å². The van der Waals surface area contributed by atoms with Gasteiger partial charge >= 0.3 is 12.1 Å². The molecule has 2 N–H and O–H groups in total. The Morgan fingerprint density at radius 3 is 2.46 bits per heavy atom. The van der Waals surface area contributed by atoms with E-state index in [1.54, 1.807) is 33.0 Å². The molecular formula is C49H67ClN4O12S. The molecule has 4 bridgehead atoms. The molecule has 368 valence electrons. The number of ketones is 1. The largest absolute Gasteiger partial charge is 0.457 e. The number of aliphatic hydroxyl groups is 1. The van der Waals surface area contributed by atoms with E-state index < -0.39 is 70.9 Å². The zero-order valence-electron chi connectivity index (χ0n) is 40.1. The molecule has 9 atom stereocenters. The monoisotopic (exact) mass is 970 g/mol. The van der Waals surface area contributed by atoms with Crippen LogP contribution in [-0.4, -0.2) is 137 Å². The number of carbonyl (C=O) groups excluding carboxylic acids is 7. The Morgan fingerprint density at radius 1 is 1.09 bits per heavy atom. The number of likely N-dealkylation sites (N-methyl/N-ethyl adjacent to an activating group) is 1. The number of nitrogens with one attached hydrogen (secondary N) is 1. The first-order chi connectivity index (χ1) is 31.6. The Labute approximate surface area is 402 Å². The van der Waals surface area contributed by atoms with Crippen LogP contribution in [0, 0.1) is 24.7 Å².